The number of nitrogens with two attached hydrogens (primary N) is 2. The molecule has 0 saturated carbocycles. The number of likely N-dealkylation sites (tertiary alicyclic amines) is 1. The molecule has 5 atom stereocenters. The quantitative estimate of drug-likeness (QED) is 0.0399. The molecule has 0 aliphatic carbocycles. The third-order valence-corrected chi connectivity index (χ3v) is 25.4. The van der Waals surface area contributed by atoms with E-state index in [9.17, 15) is 4.79 Å². The molecule has 0 radical (unpaired) electrons. The maximum atomic E-state index is 10.9. The number of hydrogen-bond donors (Lipinski definition) is 5. The molecule has 5 heterocycles. The number of allylic oxidation sites excluding steroid dienone is 2. The molecule has 137 heavy (non-hydrogen) atoms. The maximum Gasteiger partial charge on any atom is 0.307 e. The number of H-pyrrole nitrogens is 1. The number of aromatic nitrogens is 2. The molecule has 14 heteroatoms. The molecule has 14 nitrogen and oxygen atoms in total. The van der Waals surface area contributed by atoms with Gasteiger partial charge in [0.05, 0.1) is 32.3 Å². The molecule has 0 bridgehead atoms. The highest BCUT2D eigenvalue weighted by Crippen LogP contribution is 2.29. The highest BCUT2D eigenvalue weighted by atomic mass is 16.5. The highest BCUT2D eigenvalue weighted by Gasteiger charge is 2.22. The van der Waals surface area contributed by atoms with Gasteiger partial charge in [-0.15, -0.1) is 0 Å². The first kappa shape index (κ1) is 149. The number of piperazine rings is 1. The van der Waals surface area contributed by atoms with Crippen LogP contribution >= 0.6 is 0 Å². The van der Waals surface area contributed by atoms with Crippen LogP contribution < -0.4 is 16.8 Å². The molecule has 2 aromatic rings. The predicted octanol–water partition coefficient (Wildman–Crippen LogP) is 34.8. The summed E-state index contributed by atoms with van der Waals surface area (Å²) >= 11 is 0. The molecule has 824 valence electrons. The third-order valence-electron chi connectivity index (χ3n) is 25.4. The monoisotopic (exact) mass is 1940 g/mol. The Morgan fingerprint density at radius 1 is 0.460 bits per heavy atom. The molecule has 7 N–H and O–H groups in total. The number of aliphatic carboxylic acids is 1. The number of nitrogens with zero attached hydrogens (tertiary/aromatic N) is 5. The number of unbranched alkanes of at least 4 members (excludes halogenated alkanes) is 2. The number of likely N-dealkylation sites (N-methyl/N-ethyl adjacent to an activating group) is 1. The topological polar surface area (TPSA) is 172 Å². The number of ether oxygens (including phenoxy) is 3. The van der Waals surface area contributed by atoms with Crippen molar-refractivity contribution in [1.82, 2.24) is 29.6 Å². The Bertz CT molecular complexity index is 2620. The van der Waals surface area contributed by atoms with E-state index in [0.29, 0.717) is 44.2 Å². The van der Waals surface area contributed by atoms with Crippen LogP contribution in [0.25, 0.3) is 0 Å². The van der Waals surface area contributed by atoms with E-state index in [1.54, 1.807) is 0 Å². The summed E-state index contributed by atoms with van der Waals surface area (Å²) in [6.07, 6.45) is 56.4. The SMILES string of the molecule is CC(C)CCC1=CCC=N1.CC(C)CCCC(C)CN.CC(C)CCCN1CCCC1.CC(C)CCCN1CCN(C)CC1.CC(C)CCCn1cccc1.CC(C)[C@H](Cc1cc[nH]c1)C(=O)O.CCC(C)(C)CC(C)C.CCC(C)CCC(C)C.CCC(CCN)C(C)C.CCCCC(C)C.CCCCC(C)CC(C)C.CCCNCCCC(C)C.CCCOCCOCCOCCC(C)C. The molecule has 4 unspecified atom stereocenters. The van der Waals surface area contributed by atoms with Crippen LogP contribution in [-0.2, 0) is 32.0 Å². The largest absolute Gasteiger partial charge is 0.481 e. The molecule has 0 spiro atoms. The van der Waals surface area contributed by atoms with Gasteiger partial charge in [-0.2, -0.15) is 0 Å². The minimum Gasteiger partial charge on any atom is -0.481 e. The zero-order valence-electron chi connectivity index (χ0n) is 101. The lowest BCUT2D eigenvalue weighted by Crippen LogP contribution is -2.44. The molecule has 2 saturated heterocycles. The van der Waals surface area contributed by atoms with Crippen LogP contribution in [0.4, 0.5) is 0 Å². The first-order valence-corrected chi connectivity index (χ1v) is 58.3. The minimum absolute atomic E-state index is 0.174. The van der Waals surface area contributed by atoms with E-state index >= 15 is 0 Å². The van der Waals surface area contributed by atoms with Crippen molar-refractivity contribution in [2.45, 2.75) is 488 Å². The first-order valence-electron chi connectivity index (χ1n) is 58.3. The van der Waals surface area contributed by atoms with E-state index in [1.165, 1.54) is 264 Å². The number of nitrogens with one attached hydrogen (secondary N) is 2. The average molecular weight is 1940 g/mol. The predicted molar refractivity (Wildman–Crippen MR) is 620 cm³/mol. The van der Waals surface area contributed by atoms with Gasteiger partial charge in [-0.25, -0.2) is 0 Å². The number of aromatic amines is 1. The van der Waals surface area contributed by atoms with Crippen LogP contribution in [0.5, 0.6) is 0 Å². The lowest BCUT2D eigenvalue weighted by Gasteiger charge is -2.32. The average Bonchev–Trinajstić information content (AvgIpc) is 1.86. The molecular formula is C123H257N9O5. The Hall–Kier alpha value is -2.92. The molecule has 2 aromatic heterocycles. The standard InChI is InChI=1S/C12H26O3.C11H24N2.C10H15NO2.C10H21N.C10H17N.C10H22.C9H15N.2C9H21N.2C9H20.C8H19N.C7H16/c1-4-6-13-8-10-15-11-9-14-7-5-12(2)3;1-11(2)5-4-6-13-9-7-12(3)8-10-13;1-7(2)9(10(12)13)5-8-3-4-11-6-8;2*1-10(2)6-5-9-11-7-3-4-8-11;1-5-6-7-10(4)8-9(2)3;1-8(2)5-6-9-4-3-7-10-9;1-8(2)5-4-6-9(3)7-10;1-4-7-10-8-5-6-9(2)3;1-6-9(4,5)7-8(2)3;1-5-9(4)7-6-8(2)3;1-4-8(5-6-9)7(2)3;1-4-5-6-7(2)3/h12H,4-11H2,1-3H3;11H,4-10H2,1-3H3;3-4,6-7,9,11H,5H2,1-2H3,(H,12,13);10H,3-9H2,1-2H3;3-4,7-8,10H,5-6,9H2,1-2H3;9-10H,5-8H2,1-4H3;4,7-8H,3,5-6H2,1-2H3;8-9H,4-7,10H2,1-3H3;9-10H,4-8H2,1-3H3;8H,6-7H2,1-5H3;8-9H,5-7H2,1-4H3;7-8H,4-6,9H2,1-3H3;7H,4-6H2,1-3H3/t;;9-;;;;;;;;;;/m..0........../s1. The zero-order chi connectivity index (χ0) is 106. The first-order chi connectivity index (χ1) is 64.7. The molecule has 2 fully saturated rings. The summed E-state index contributed by atoms with van der Waals surface area (Å²) in [6, 6.07) is 6.07. The van der Waals surface area contributed by atoms with Gasteiger partial charge in [0.15, 0.2) is 0 Å². The maximum absolute atomic E-state index is 10.9. The van der Waals surface area contributed by atoms with Crippen LogP contribution in [0.2, 0.25) is 0 Å². The van der Waals surface area contributed by atoms with Crippen molar-refractivity contribution in [2.24, 2.45) is 128 Å². The van der Waals surface area contributed by atoms with Crippen LogP contribution in [0, 0.1) is 112 Å². The summed E-state index contributed by atoms with van der Waals surface area (Å²) < 4.78 is 18.3. The van der Waals surface area contributed by atoms with Gasteiger partial charge in [0.25, 0.3) is 0 Å². The zero-order valence-corrected chi connectivity index (χ0v) is 101. The summed E-state index contributed by atoms with van der Waals surface area (Å²) in [7, 11) is 2.21. The van der Waals surface area contributed by atoms with Gasteiger partial charge < -0.3 is 60.4 Å². The molecular weight excluding hydrogens is 1680 g/mol. The van der Waals surface area contributed by atoms with E-state index in [2.05, 4.69) is 321 Å². The Kier molecular flexibility index (Phi) is 119. The lowest BCUT2D eigenvalue weighted by atomic mass is 9.82. The van der Waals surface area contributed by atoms with Gasteiger partial charge in [-0.05, 0) is 318 Å². The smallest absolute Gasteiger partial charge is 0.307 e. The molecule has 0 amide bonds. The molecule has 5 rings (SSSR count). The summed E-state index contributed by atoms with van der Waals surface area (Å²) in [5.41, 5.74) is 13.8. The number of rotatable bonds is 60. The van der Waals surface area contributed by atoms with Crippen LogP contribution in [-0.4, -0.2) is 167 Å². The van der Waals surface area contributed by atoms with Crippen LogP contribution in [0.15, 0.2) is 59.8 Å². The fourth-order valence-electron chi connectivity index (χ4n) is 15.4. The van der Waals surface area contributed by atoms with Crippen molar-refractivity contribution in [3.63, 3.8) is 0 Å². The van der Waals surface area contributed by atoms with Gasteiger partial charge in [0, 0.05) is 89.1 Å². The second-order valence-electron chi connectivity index (χ2n) is 47.0. The van der Waals surface area contributed by atoms with E-state index < -0.39 is 5.97 Å². The normalized spacial score (nSPS) is 14.2. The van der Waals surface area contributed by atoms with E-state index in [1.807, 2.05) is 38.5 Å². The highest BCUT2D eigenvalue weighted by molar-refractivity contribution is 5.70. The second-order valence-corrected chi connectivity index (χ2v) is 47.0. The third kappa shape index (κ3) is 129. The summed E-state index contributed by atoms with van der Waals surface area (Å²) in [5.74, 6) is 12.8. The van der Waals surface area contributed by atoms with Gasteiger partial charge in [-0.1, -0.05) is 353 Å². The molecule has 3 aliphatic heterocycles. The number of carboxylic acid groups (broad SMARTS) is 1. The number of hydrogen-bond acceptors (Lipinski definition) is 11. The summed E-state index contributed by atoms with van der Waals surface area (Å²) in [4.78, 5) is 25.6. The Balaban J connectivity index is -0.000000220. The molecule has 3 aliphatic rings. The van der Waals surface area contributed by atoms with Crippen molar-refractivity contribution in [2.75, 3.05) is 125 Å². The fraction of sp³-hybridized carbons (Fsp3) is 0.902. The van der Waals surface area contributed by atoms with Gasteiger partial charge in [-0.3, -0.25) is 9.79 Å². The van der Waals surface area contributed by atoms with Gasteiger partial charge in [0.1, 0.15) is 0 Å². The summed E-state index contributed by atoms with van der Waals surface area (Å²) in [6.45, 7) is 106. The van der Waals surface area contributed by atoms with Crippen molar-refractivity contribution in [3.8, 4) is 0 Å². The van der Waals surface area contributed by atoms with Crippen molar-refractivity contribution < 1.29 is 24.1 Å². The number of aliphatic imine (C=N–C) groups is 1. The Morgan fingerprint density at radius 2 is 0.920 bits per heavy atom. The van der Waals surface area contributed by atoms with E-state index in [-0.39, 0.29) is 11.8 Å². The van der Waals surface area contributed by atoms with Crippen molar-refractivity contribution in [3.05, 3.63) is 60.3 Å². The van der Waals surface area contributed by atoms with E-state index in [4.69, 9.17) is 30.8 Å². The van der Waals surface area contributed by atoms with Crippen LogP contribution in [0.1, 0.15) is 481 Å². The Morgan fingerprint density at radius 3 is 1.29 bits per heavy atom. The van der Waals surface area contributed by atoms with Gasteiger partial charge >= 0.3 is 5.97 Å². The number of carboxylic acids is 1. The summed E-state index contributed by atoms with van der Waals surface area (Å²) in [5, 5.41) is 12.3. The fourth-order valence-corrected chi connectivity index (χ4v) is 15.4. The van der Waals surface area contributed by atoms with Crippen molar-refractivity contribution >= 4 is 12.2 Å². The number of carbonyl (C=O) groups is 1. The Labute approximate surface area is 862 Å². The lowest BCUT2D eigenvalue weighted by molar-refractivity contribution is -0.143. The minimum atomic E-state index is -0.712. The van der Waals surface area contributed by atoms with Gasteiger partial charge in [0.2, 0.25) is 0 Å². The molecule has 0 aromatic carbocycles. The van der Waals surface area contributed by atoms with E-state index in [0.717, 1.165) is 146 Å². The van der Waals surface area contributed by atoms with Crippen molar-refractivity contribution in [1.29, 1.82) is 0 Å². The second kappa shape index (κ2) is 109. The van der Waals surface area contributed by atoms with Crippen LogP contribution in [0.3, 0.4) is 0 Å². The number of aryl methyl sites for hydroxylation is 1.